The lowest BCUT2D eigenvalue weighted by Crippen LogP contribution is -2.31. The lowest BCUT2D eigenvalue weighted by atomic mass is 10.2. The van der Waals surface area contributed by atoms with Crippen LogP contribution in [0.2, 0.25) is 0 Å². The molecule has 0 radical (unpaired) electrons. The van der Waals surface area contributed by atoms with E-state index in [9.17, 15) is 14.4 Å². The van der Waals surface area contributed by atoms with Gasteiger partial charge in [-0.25, -0.2) is 0 Å². The van der Waals surface area contributed by atoms with Crippen molar-refractivity contribution < 1.29 is 14.4 Å². The third-order valence-corrected chi connectivity index (χ3v) is 4.48. The van der Waals surface area contributed by atoms with Crippen molar-refractivity contribution in [1.29, 1.82) is 0 Å². The topological polar surface area (TPSA) is 87.3 Å². The van der Waals surface area contributed by atoms with Crippen molar-refractivity contribution in [3.8, 4) is 0 Å². The van der Waals surface area contributed by atoms with Crippen molar-refractivity contribution in [2.45, 2.75) is 31.7 Å². The number of thioether (sulfide) groups is 1. The van der Waals surface area contributed by atoms with Crippen LogP contribution in [-0.4, -0.2) is 29.5 Å². The molecule has 2 rings (SSSR count). The van der Waals surface area contributed by atoms with Gasteiger partial charge in [0.25, 0.3) is 5.91 Å². The van der Waals surface area contributed by atoms with Crippen molar-refractivity contribution in [2.24, 2.45) is 0 Å². The summed E-state index contributed by atoms with van der Waals surface area (Å²) in [7, 11) is 0. The molecule has 2 aromatic rings. The zero-order chi connectivity index (χ0) is 19.8. The van der Waals surface area contributed by atoms with Crippen LogP contribution in [0.3, 0.4) is 0 Å². The second-order valence-electron chi connectivity index (χ2n) is 6.22. The van der Waals surface area contributed by atoms with Gasteiger partial charge in [0.1, 0.15) is 0 Å². The second kappa shape index (κ2) is 9.78. The molecule has 0 aliphatic rings. The van der Waals surface area contributed by atoms with Gasteiger partial charge in [-0.05, 0) is 50.2 Å². The van der Waals surface area contributed by atoms with Crippen molar-refractivity contribution in [1.82, 2.24) is 5.32 Å². The number of rotatable bonds is 7. The van der Waals surface area contributed by atoms with Crippen molar-refractivity contribution >= 4 is 40.9 Å². The predicted molar refractivity (Wildman–Crippen MR) is 109 cm³/mol. The highest BCUT2D eigenvalue weighted by Gasteiger charge is 2.13. The summed E-state index contributed by atoms with van der Waals surface area (Å²) in [5.74, 6) is -0.235. The van der Waals surface area contributed by atoms with E-state index in [0.717, 1.165) is 4.90 Å². The second-order valence-corrected chi connectivity index (χ2v) is 7.24. The van der Waals surface area contributed by atoms with Gasteiger partial charge >= 0.3 is 0 Å². The monoisotopic (exact) mass is 385 g/mol. The molecule has 0 aliphatic carbocycles. The Kier molecular flexibility index (Phi) is 7.43. The molecule has 3 N–H and O–H groups in total. The summed E-state index contributed by atoms with van der Waals surface area (Å²) in [6.45, 7) is 5.24. The molecule has 0 atom stereocenters. The van der Waals surface area contributed by atoms with E-state index < -0.39 is 0 Å². The van der Waals surface area contributed by atoms with Gasteiger partial charge in [0.05, 0.1) is 11.3 Å². The lowest BCUT2D eigenvalue weighted by molar-refractivity contribution is -0.119. The minimum Gasteiger partial charge on any atom is -0.353 e. The maximum Gasteiger partial charge on any atom is 0.256 e. The highest BCUT2D eigenvalue weighted by molar-refractivity contribution is 8.00. The summed E-state index contributed by atoms with van der Waals surface area (Å²) in [6.07, 6.45) is 0. The average Bonchev–Trinajstić information content (AvgIpc) is 2.61. The maximum atomic E-state index is 12.6. The largest absolute Gasteiger partial charge is 0.353 e. The molecule has 0 saturated heterocycles. The number of carbonyl (C=O) groups excluding carboxylic acids is 3. The van der Waals surface area contributed by atoms with Crippen LogP contribution in [0.25, 0.3) is 0 Å². The molecular formula is C20H23N3O3S. The van der Waals surface area contributed by atoms with E-state index in [4.69, 9.17) is 0 Å². The number of hydrogen-bond acceptors (Lipinski definition) is 4. The molecular weight excluding hydrogens is 362 g/mol. The van der Waals surface area contributed by atoms with Crippen LogP contribution in [-0.2, 0) is 9.59 Å². The lowest BCUT2D eigenvalue weighted by Gasteiger charge is -2.11. The zero-order valence-electron chi connectivity index (χ0n) is 15.5. The van der Waals surface area contributed by atoms with Crippen molar-refractivity contribution in [3.05, 3.63) is 54.1 Å². The Balaban J connectivity index is 2.03. The van der Waals surface area contributed by atoms with Crippen molar-refractivity contribution in [3.63, 3.8) is 0 Å². The molecule has 0 heterocycles. The number of anilines is 2. The van der Waals surface area contributed by atoms with Gasteiger partial charge in [-0.3, -0.25) is 14.4 Å². The molecule has 0 aromatic heterocycles. The molecule has 27 heavy (non-hydrogen) atoms. The highest BCUT2D eigenvalue weighted by Crippen LogP contribution is 2.24. The van der Waals surface area contributed by atoms with Gasteiger partial charge in [-0.1, -0.05) is 12.1 Å². The minimum atomic E-state index is -0.255. The Morgan fingerprint density at radius 3 is 2.11 bits per heavy atom. The van der Waals surface area contributed by atoms with E-state index in [1.165, 1.54) is 18.7 Å². The molecule has 2 aromatic carbocycles. The fourth-order valence-electron chi connectivity index (χ4n) is 2.33. The van der Waals surface area contributed by atoms with Crippen molar-refractivity contribution in [2.75, 3.05) is 16.4 Å². The van der Waals surface area contributed by atoms with Crippen LogP contribution in [0.15, 0.2) is 53.4 Å². The first-order valence-electron chi connectivity index (χ1n) is 8.55. The van der Waals surface area contributed by atoms with Gasteiger partial charge in [0.2, 0.25) is 11.8 Å². The van der Waals surface area contributed by atoms with E-state index in [0.29, 0.717) is 16.9 Å². The Bertz CT molecular complexity index is 819. The number of benzene rings is 2. The van der Waals surface area contributed by atoms with Gasteiger partial charge in [-0.15, -0.1) is 11.8 Å². The fraction of sp³-hybridized carbons (Fsp3) is 0.250. The molecule has 0 fully saturated rings. The molecule has 3 amide bonds. The van der Waals surface area contributed by atoms with Gasteiger partial charge in [-0.2, -0.15) is 0 Å². The number of hydrogen-bond donors (Lipinski definition) is 3. The van der Waals surface area contributed by atoms with E-state index in [2.05, 4.69) is 16.0 Å². The Labute approximate surface area is 163 Å². The average molecular weight is 385 g/mol. The van der Waals surface area contributed by atoms with Crippen LogP contribution < -0.4 is 16.0 Å². The predicted octanol–water partition coefficient (Wildman–Crippen LogP) is 3.51. The van der Waals surface area contributed by atoms with Crippen LogP contribution >= 0.6 is 11.8 Å². The standard InChI is InChI=1S/C20H23N3O3S/c1-13(2)21-19(25)12-27-18-7-5-4-6-17(18)20(26)23-16-10-8-15(9-11-16)22-14(3)24/h4-11,13H,12H2,1-3H3,(H,21,25)(H,22,24)(H,23,26). The molecule has 142 valence electrons. The SMILES string of the molecule is CC(=O)Nc1ccc(NC(=O)c2ccccc2SCC(=O)NC(C)C)cc1. The molecule has 0 bridgehead atoms. The Morgan fingerprint density at radius 1 is 0.926 bits per heavy atom. The minimum absolute atomic E-state index is 0.0706. The zero-order valence-corrected chi connectivity index (χ0v) is 16.4. The van der Waals surface area contributed by atoms with E-state index >= 15 is 0 Å². The van der Waals surface area contributed by atoms with Crippen LogP contribution in [0.4, 0.5) is 11.4 Å². The number of amides is 3. The summed E-state index contributed by atoms with van der Waals surface area (Å²) in [6, 6.07) is 14.1. The quantitative estimate of drug-likeness (QED) is 0.637. The molecule has 0 spiro atoms. The van der Waals surface area contributed by atoms with E-state index in [-0.39, 0.29) is 29.5 Å². The van der Waals surface area contributed by atoms with E-state index in [1.807, 2.05) is 26.0 Å². The highest BCUT2D eigenvalue weighted by atomic mass is 32.2. The molecule has 7 heteroatoms. The van der Waals surface area contributed by atoms with Crippen LogP contribution in [0.5, 0.6) is 0 Å². The summed E-state index contributed by atoms with van der Waals surface area (Å²) >= 11 is 1.32. The van der Waals surface area contributed by atoms with Crippen LogP contribution in [0, 0.1) is 0 Å². The smallest absolute Gasteiger partial charge is 0.256 e. The normalized spacial score (nSPS) is 10.4. The molecule has 0 saturated carbocycles. The number of carbonyl (C=O) groups is 3. The summed E-state index contributed by atoms with van der Waals surface area (Å²) in [5, 5.41) is 8.34. The first-order valence-corrected chi connectivity index (χ1v) is 9.54. The fourth-order valence-corrected chi connectivity index (χ4v) is 3.19. The Morgan fingerprint density at radius 2 is 1.52 bits per heavy atom. The first kappa shape index (κ1) is 20.5. The Hall–Kier alpha value is -2.80. The molecule has 0 unspecified atom stereocenters. The van der Waals surface area contributed by atoms with Gasteiger partial charge in [0, 0.05) is 29.2 Å². The molecule has 6 nitrogen and oxygen atoms in total. The van der Waals surface area contributed by atoms with Gasteiger partial charge in [0.15, 0.2) is 0 Å². The molecule has 0 aliphatic heterocycles. The summed E-state index contributed by atoms with van der Waals surface area (Å²) in [5.41, 5.74) is 1.78. The third-order valence-electron chi connectivity index (χ3n) is 3.40. The van der Waals surface area contributed by atoms with Crippen LogP contribution in [0.1, 0.15) is 31.1 Å². The maximum absolute atomic E-state index is 12.6. The van der Waals surface area contributed by atoms with Gasteiger partial charge < -0.3 is 16.0 Å². The first-order chi connectivity index (χ1) is 12.8. The summed E-state index contributed by atoms with van der Waals surface area (Å²) in [4.78, 5) is 36.3. The summed E-state index contributed by atoms with van der Waals surface area (Å²) < 4.78 is 0. The number of nitrogens with one attached hydrogen (secondary N) is 3. The van der Waals surface area contributed by atoms with E-state index in [1.54, 1.807) is 36.4 Å². The third kappa shape index (κ3) is 6.79.